The number of ether oxygens (including phenoxy) is 1. The third-order valence-electron chi connectivity index (χ3n) is 8.32. The van der Waals surface area contributed by atoms with Gasteiger partial charge < -0.3 is 14.7 Å². The van der Waals surface area contributed by atoms with E-state index in [2.05, 4.69) is 50.1 Å². The lowest BCUT2D eigenvalue weighted by atomic mass is 10.0. The molecule has 1 amide bonds. The molecule has 2 N–H and O–H groups in total. The van der Waals surface area contributed by atoms with Crippen molar-refractivity contribution in [2.24, 2.45) is 0 Å². The second-order valence-corrected chi connectivity index (χ2v) is 11.1. The van der Waals surface area contributed by atoms with Crippen LogP contribution in [0.25, 0.3) is 22.4 Å². The second kappa shape index (κ2) is 10.5. The Morgan fingerprint density at radius 2 is 1.68 bits per heavy atom. The fraction of sp³-hybridized carbons (Fsp3) is 0.400. The zero-order valence-electron chi connectivity index (χ0n) is 22.3. The predicted molar refractivity (Wildman–Crippen MR) is 153 cm³/mol. The minimum atomic E-state index is -1.09. The SMILES string of the molecule is O=C(O)Nc1ccc(-c2nc(N3CC4CCC(C3)O4)c3cnn(C4CCN(Cc5ccccc5)CC4)c3n2)cc1. The monoisotopic (exact) mass is 539 g/mol. The smallest absolute Gasteiger partial charge is 0.409 e. The number of hydrogen-bond donors (Lipinski definition) is 2. The van der Waals surface area contributed by atoms with Crippen molar-refractivity contribution in [3.05, 3.63) is 66.4 Å². The summed E-state index contributed by atoms with van der Waals surface area (Å²) >= 11 is 0. The van der Waals surface area contributed by atoms with Crippen LogP contribution < -0.4 is 10.2 Å². The van der Waals surface area contributed by atoms with E-state index in [9.17, 15) is 4.79 Å². The largest absolute Gasteiger partial charge is 0.465 e. The molecule has 10 nitrogen and oxygen atoms in total. The number of piperidine rings is 1. The van der Waals surface area contributed by atoms with Crippen molar-refractivity contribution in [1.29, 1.82) is 0 Å². The van der Waals surface area contributed by atoms with E-state index in [1.807, 2.05) is 18.3 Å². The van der Waals surface area contributed by atoms with Crippen LogP contribution in [0.5, 0.6) is 0 Å². The molecule has 2 aromatic carbocycles. The lowest BCUT2D eigenvalue weighted by Crippen LogP contribution is -2.43. The summed E-state index contributed by atoms with van der Waals surface area (Å²) < 4.78 is 8.22. The summed E-state index contributed by atoms with van der Waals surface area (Å²) in [7, 11) is 0. The van der Waals surface area contributed by atoms with Crippen LogP contribution in [-0.4, -0.2) is 74.2 Å². The molecule has 2 unspecified atom stereocenters. The first-order valence-electron chi connectivity index (χ1n) is 14.1. The van der Waals surface area contributed by atoms with Gasteiger partial charge in [0.2, 0.25) is 0 Å². The highest BCUT2D eigenvalue weighted by atomic mass is 16.5. The van der Waals surface area contributed by atoms with Crippen molar-refractivity contribution in [3.8, 4) is 11.4 Å². The number of likely N-dealkylation sites (tertiary alicyclic amines) is 1. The number of carboxylic acid groups (broad SMARTS) is 1. The van der Waals surface area contributed by atoms with Gasteiger partial charge in [-0.2, -0.15) is 5.10 Å². The zero-order valence-corrected chi connectivity index (χ0v) is 22.3. The molecule has 0 aliphatic carbocycles. The minimum absolute atomic E-state index is 0.234. The van der Waals surface area contributed by atoms with Gasteiger partial charge in [-0.15, -0.1) is 0 Å². The standard InChI is InChI=1S/C30H33N7O3/c38-30(39)32-22-8-6-21(7-9-22)27-33-28(36-18-24-10-11-25(19-36)40-24)26-16-31-37(29(26)34-27)23-12-14-35(15-13-23)17-20-4-2-1-3-5-20/h1-9,16,23-25,32H,10-15,17-19H2,(H,38,39). The van der Waals surface area contributed by atoms with Crippen LogP contribution in [-0.2, 0) is 11.3 Å². The number of aromatic nitrogens is 4. The molecule has 5 heterocycles. The summed E-state index contributed by atoms with van der Waals surface area (Å²) in [6.07, 6.45) is 5.50. The molecule has 2 atom stereocenters. The molecule has 4 aromatic rings. The van der Waals surface area contributed by atoms with Crippen LogP contribution in [0.15, 0.2) is 60.8 Å². The first kappa shape index (κ1) is 25.0. The lowest BCUT2D eigenvalue weighted by Gasteiger charge is -2.33. The first-order chi connectivity index (χ1) is 19.6. The highest BCUT2D eigenvalue weighted by Gasteiger charge is 2.36. The van der Waals surface area contributed by atoms with Gasteiger partial charge >= 0.3 is 6.09 Å². The second-order valence-electron chi connectivity index (χ2n) is 11.1. The van der Waals surface area contributed by atoms with Crippen molar-refractivity contribution in [2.45, 2.75) is 50.5 Å². The molecule has 2 aromatic heterocycles. The number of morpholine rings is 1. The van der Waals surface area contributed by atoms with E-state index in [0.717, 1.165) is 80.8 Å². The summed E-state index contributed by atoms with van der Waals surface area (Å²) in [4.78, 5) is 26.0. The van der Waals surface area contributed by atoms with Crippen molar-refractivity contribution in [3.63, 3.8) is 0 Å². The Morgan fingerprint density at radius 3 is 2.38 bits per heavy atom. The van der Waals surface area contributed by atoms with Crippen LogP contribution >= 0.6 is 0 Å². The lowest BCUT2D eigenvalue weighted by molar-refractivity contribution is 0.0303. The van der Waals surface area contributed by atoms with Crippen molar-refractivity contribution >= 4 is 28.6 Å². The van der Waals surface area contributed by atoms with E-state index in [1.165, 1.54) is 5.56 Å². The van der Waals surface area contributed by atoms with Gasteiger partial charge in [0.05, 0.1) is 29.8 Å². The van der Waals surface area contributed by atoms with Gasteiger partial charge in [0.1, 0.15) is 5.82 Å². The third-order valence-corrected chi connectivity index (χ3v) is 8.32. The Morgan fingerprint density at radius 1 is 0.950 bits per heavy atom. The molecule has 3 aliphatic heterocycles. The third kappa shape index (κ3) is 5.00. The molecule has 206 valence electrons. The number of carbonyl (C=O) groups is 1. The molecular formula is C30H33N7O3. The van der Waals surface area contributed by atoms with Crippen LogP contribution in [0.3, 0.4) is 0 Å². The van der Waals surface area contributed by atoms with Crippen molar-refractivity contribution < 1.29 is 14.6 Å². The quantitative estimate of drug-likeness (QED) is 0.360. The van der Waals surface area contributed by atoms with Gasteiger partial charge in [-0.1, -0.05) is 30.3 Å². The van der Waals surface area contributed by atoms with Crippen molar-refractivity contribution in [1.82, 2.24) is 24.6 Å². The van der Waals surface area contributed by atoms with E-state index in [0.29, 0.717) is 11.5 Å². The van der Waals surface area contributed by atoms with Crippen LogP contribution in [0.1, 0.15) is 37.3 Å². The summed E-state index contributed by atoms with van der Waals surface area (Å²) in [5.74, 6) is 1.52. The molecule has 0 saturated carbocycles. The fourth-order valence-corrected chi connectivity index (χ4v) is 6.33. The maximum Gasteiger partial charge on any atom is 0.409 e. The number of rotatable bonds is 6. The minimum Gasteiger partial charge on any atom is -0.465 e. The molecule has 3 aliphatic rings. The number of hydrogen-bond acceptors (Lipinski definition) is 7. The molecule has 0 spiro atoms. The Kier molecular flexibility index (Phi) is 6.57. The van der Waals surface area contributed by atoms with E-state index < -0.39 is 6.09 Å². The van der Waals surface area contributed by atoms with E-state index in [4.69, 9.17) is 24.9 Å². The topological polar surface area (TPSA) is 109 Å². The maximum absolute atomic E-state index is 11.1. The fourth-order valence-electron chi connectivity index (χ4n) is 6.33. The van der Waals surface area contributed by atoms with Crippen LogP contribution in [0, 0.1) is 0 Å². The van der Waals surface area contributed by atoms with Gasteiger partial charge in [-0.25, -0.2) is 19.4 Å². The van der Waals surface area contributed by atoms with E-state index in [-0.39, 0.29) is 18.2 Å². The normalized spacial score (nSPS) is 21.6. The molecule has 7 rings (SSSR count). The maximum atomic E-state index is 11.1. The molecule has 3 saturated heterocycles. The zero-order chi connectivity index (χ0) is 27.1. The summed E-state index contributed by atoms with van der Waals surface area (Å²) in [5, 5.41) is 17.3. The number of amides is 1. The number of benzene rings is 2. The van der Waals surface area contributed by atoms with Crippen LogP contribution in [0.2, 0.25) is 0 Å². The molecule has 10 heteroatoms. The van der Waals surface area contributed by atoms with Gasteiger partial charge in [-0.05, 0) is 55.5 Å². The molecular weight excluding hydrogens is 506 g/mol. The Balaban J connectivity index is 1.20. The summed E-state index contributed by atoms with van der Waals surface area (Å²) in [6.45, 7) is 4.61. The molecule has 0 radical (unpaired) electrons. The van der Waals surface area contributed by atoms with Gasteiger partial charge in [0.15, 0.2) is 11.5 Å². The average molecular weight is 540 g/mol. The molecule has 3 fully saturated rings. The Hall–Kier alpha value is -4.02. The number of nitrogens with one attached hydrogen (secondary N) is 1. The number of fused-ring (bicyclic) bond motifs is 3. The predicted octanol–water partition coefficient (Wildman–Crippen LogP) is 4.79. The van der Waals surface area contributed by atoms with E-state index in [1.54, 1.807) is 12.1 Å². The summed E-state index contributed by atoms with van der Waals surface area (Å²) in [5.41, 5.74) is 3.54. The highest BCUT2D eigenvalue weighted by molar-refractivity contribution is 5.89. The van der Waals surface area contributed by atoms with Crippen molar-refractivity contribution in [2.75, 3.05) is 36.4 Å². The Labute approximate surface area is 232 Å². The number of nitrogens with zero attached hydrogens (tertiary/aromatic N) is 6. The number of anilines is 2. The first-order valence-corrected chi connectivity index (χ1v) is 14.1. The van der Waals surface area contributed by atoms with Crippen LogP contribution in [0.4, 0.5) is 16.3 Å². The summed E-state index contributed by atoms with van der Waals surface area (Å²) in [6, 6.07) is 18.1. The molecule has 40 heavy (non-hydrogen) atoms. The van der Waals surface area contributed by atoms with Gasteiger partial charge in [0.25, 0.3) is 0 Å². The van der Waals surface area contributed by atoms with Gasteiger partial charge in [0, 0.05) is 44.0 Å². The van der Waals surface area contributed by atoms with E-state index >= 15 is 0 Å². The Bertz CT molecular complexity index is 1490. The van der Waals surface area contributed by atoms with Gasteiger partial charge in [-0.3, -0.25) is 10.2 Å². The highest BCUT2D eigenvalue weighted by Crippen LogP contribution is 2.35. The average Bonchev–Trinajstić information content (AvgIpc) is 3.55. The molecule has 2 bridgehead atoms.